The number of allylic oxidation sites excluding steroid dienone is 1. The number of hydrogen-bond donors (Lipinski definition) is 2. The molecule has 0 bridgehead atoms. The summed E-state index contributed by atoms with van der Waals surface area (Å²) in [7, 11) is 1.31. The maximum absolute atomic E-state index is 12.2. The van der Waals surface area contributed by atoms with Crippen LogP contribution in [0.2, 0.25) is 0 Å². The van der Waals surface area contributed by atoms with Gasteiger partial charge in [0.05, 0.1) is 36.4 Å². The first-order valence-electron chi connectivity index (χ1n) is 9.26. The van der Waals surface area contributed by atoms with Gasteiger partial charge in [-0.2, -0.15) is 0 Å². The van der Waals surface area contributed by atoms with E-state index in [9.17, 15) is 15.0 Å². The molecular weight excluding hydrogens is 344 g/mol. The van der Waals surface area contributed by atoms with Gasteiger partial charge in [0, 0.05) is 24.6 Å². The molecule has 6 nitrogen and oxygen atoms in total. The predicted molar refractivity (Wildman–Crippen MR) is 102 cm³/mol. The third-order valence-corrected chi connectivity index (χ3v) is 6.13. The first-order chi connectivity index (χ1) is 13.0. The van der Waals surface area contributed by atoms with Gasteiger partial charge in [0.25, 0.3) is 0 Å². The van der Waals surface area contributed by atoms with Crippen LogP contribution in [0.25, 0.3) is 0 Å². The van der Waals surface area contributed by atoms with Gasteiger partial charge in [-0.1, -0.05) is 29.8 Å². The van der Waals surface area contributed by atoms with E-state index in [0.717, 1.165) is 35.3 Å². The third-order valence-electron chi connectivity index (χ3n) is 6.13. The summed E-state index contributed by atoms with van der Waals surface area (Å²) in [6.45, 7) is 3.36. The molecule has 3 aliphatic rings. The lowest BCUT2D eigenvalue weighted by molar-refractivity contribution is -0.136. The van der Waals surface area contributed by atoms with E-state index in [1.807, 2.05) is 37.3 Å². The molecule has 0 aliphatic carbocycles. The van der Waals surface area contributed by atoms with Crippen molar-refractivity contribution >= 4 is 17.4 Å². The smallest absolute Gasteiger partial charge is 0.337 e. The van der Waals surface area contributed by atoms with Crippen molar-refractivity contribution < 1.29 is 19.7 Å². The van der Waals surface area contributed by atoms with Crippen LogP contribution in [0.4, 0.5) is 5.69 Å². The highest BCUT2D eigenvalue weighted by Gasteiger charge is 2.52. The number of aliphatic hydroxyl groups excluding tert-OH is 1. The van der Waals surface area contributed by atoms with Gasteiger partial charge in [-0.05, 0) is 25.8 Å². The van der Waals surface area contributed by atoms with E-state index < -0.39 is 11.6 Å². The quantitative estimate of drug-likeness (QED) is 0.363. The average molecular weight is 368 g/mol. The van der Waals surface area contributed by atoms with Crippen LogP contribution in [0.3, 0.4) is 0 Å². The SMILES string of the molecule is C/C=C1/CN2CCC3(O)C(=Nc4ccccc43)[C@@H]2C[C@@H]1/C(=C/O)C(=O)OC. The van der Waals surface area contributed by atoms with Crippen molar-refractivity contribution in [3.63, 3.8) is 0 Å². The Morgan fingerprint density at radius 2 is 2.19 bits per heavy atom. The zero-order valence-corrected chi connectivity index (χ0v) is 15.6. The van der Waals surface area contributed by atoms with Crippen LogP contribution in [0.5, 0.6) is 0 Å². The topological polar surface area (TPSA) is 82.4 Å². The lowest BCUT2D eigenvalue weighted by Gasteiger charge is -2.48. The van der Waals surface area contributed by atoms with Crippen LogP contribution in [0.1, 0.15) is 25.3 Å². The molecule has 3 aliphatic heterocycles. The number of rotatable bonds is 2. The lowest BCUT2D eigenvalue weighted by atomic mass is 9.73. The fourth-order valence-electron chi connectivity index (χ4n) is 4.72. The van der Waals surface area contributed by atoms with E-state index >= 15 is 0 Å². The van der Waals surface area contributed by atoms with Gasteiger partial charge in [0.2, 0.25) is 0 Å². The first-order valence-corrected chi connectivity index (χ1v) is 9.26. The number of aliphatic imine (C=N–C) groups is 1. The molecule has 6 heteroatoms. The van der Waals surface area contributed by atoms with Crippen molar-refractivity contribution in [2.24, 2.45) is 10.9 Å². The molecule has 3 heterocycles. The van der Waals surface area contributed by atoms with Crippen LogP contribution in [0.15, 0.2) is 52.7 Å². The number of ether oxygens (including phenoxy) is 1. The molecule has 142 valence electrons. The number of carbonyl (C=O) groups excluding carboxylic acids is 1. The lowest BCUT2D eigenvalue weighted by Crippen LogP contribution is -2.59. The maximum Gasteiger partial charge on any atom is 0.337 e. The van der Waals surface area contributed by atoms with Crippen molar-refractivity contribution in [1.29, 1.82) is 0 Å². The molecule has 1 aromatic rings. The van der Waals surface area contributed by atoms with E-state index in [-0.39, 0.29) is 17.5 Å². The van der Waals surface area contributed by atoms with Crippen LogP contribution in [-0.4, -0.2) is 53.0 Å². The molecule has 0 radical (unpaired) electrons. The normalized spacial score (nSPS) is 31.7. The summed E-state index contributed by atoms with van der Waals surface area (Å²) in [5.74, 6) is -0.791. The van der Waals surface area contributed by atoms with Crippen LogP contribution < -0.4 is 0 Å². The Bertz CT molecular complexity index is 873. The Balaban J connectivity index is 1.72. The number of aliphatic hydroxyl groups is 2. The van der Waals surface area contributed by atoms with Gasteiger partial charge < -0.3 is 14.9 Å². The molecule has 3 atom stereocenters. The second-order valence-corrected chi connectivity index (χ2v) is 7.34. The minimum absolute atomic E-state index is 0.0931. The zero-order valence-electron chi connectivity index (χ0n) is 15.6. The van der Waals surface area contributed by atoms with Gasteiger partial charge in [-0.3, -0.25) is 9.89 Å². The monoisotopic (exact) mass is 368 g/mol. The Kier molecular flexibility index (Phi) is 4.40. The second kappa shape index (κ2) is 6.62. The van der Waals surface area contributed by atoms with E-state index in [1.54, 1.807) is 0 Å². The standard InChI is InChI=1S/C21H24N2O4/c1-3-13-11-23-9-8-21(26)16-6-4-5-7-17(16)22-19(21)18(23)10-14(13)15(12-24)20(25)27-2/h3-7,12,14,18,24,26H,8-11H2,1-2H3/b13-3-,15-12-/t14-,18-,21?/m0/s1. The number of methoxy groups -OCH3 is 1. The van der Waals surface area contributed by atoms with Crippen LogP contribution in [-0.2, 0) is 15.1 Å². The minimum Gasteiger partial charge on any atom is -0.515 e. The van der Waals surface area contributed by atoms with Gasteiger partial charge in [0.1, 0.15) is 5.60 Å². The predicted octanol–water partition coefficient (Wildman–Crippen LogP) is 2.62. The molecule has 0 spiro atoms. The summed E-state index contributed by atoms with van der Waals surface area (Å²) in [4.78, 5) is 19.2. The van der Waals surface area contributed by atoms with E-state index in [1.165, 1.54) is 7.11 Å². The number of hydrogen-bond acceptors (Lipinski definition) is 6. The molecule has 2 fully saturated rings. The number of benzene rings is 1. The molecular formula is C21H24N2O4. The van der Waals surface area contributed by atoms with Crippen molar-refractivity contribution in [1.82, 2.24) is 4.90 Å². The molecule has 1 aromatic carbocycles. The Morgan fingerprint density at radius 3 is 2.89 bits per heavy atom. The minimum atomic E-state index is -1.05. The van der Waals surface area contributed by atoms with Gasteiger partial charge in [-0.25, -0.2) is 4.79 Å². The van der Waals surface area contributed by atoms with Crippen LogP contribution >= 0.6 is 0 Å². The van der Waals surface area contributed by atoms with E-state index in [2.05, 4.69) is 4.90 Å². The molecule has 27 heavy (non-hydrogen) atoms. The number of para-hydroxylation sites is 1. The summed E-state index contributed by atoms with van der Waals surface area (Å²) in [5, 5.41) is 21.1. The average Bonchev–Trinajstić information content (AvgIpc) is 3.01. The fourth-order valence-corrected chi connectivity index (χ4v) is 4.72. The highest BCUT2D eigenvalue weighted by molar-refractivity contribution is 6.04. The number of carbonyl (C=O) groups is 1. The molecule has 0 saturated carbocycles. The number of nitrogens with zero attached hydrogens (tertiary/aromatic N) is 2. The number of piperidine rings is 2. The first kappa shape index (κ1) is 17.9. The van der Waals surface area contributed by atoms with Crippen molar-refractivity contribution in [3.05, 3.63) is 53.3 Å². The second-order valence-electron chi connectivity index (χ2n) is 7.34. The Morgan fingerprint density at radius 1 is 1.41 bits per heavy atom. The molecule has 4 rings (SSSR count). The summed E-state index contributed by atoms with van der Waals surface area (Å²) in [6.07, 6.45) is 4.02. The van der Waals surface area contributed by atoms with Gasteiger partial charge >= 0.3 is 5.97 Å². The zero-order chi connectivity index (χ0) is 19.2. The summed E-state index contributed by atoms with van der Waals surface area (Å²) >= 11 is 0. The number of esters is 1. The van der Waals surface area contributed by atoms with E-state index in [4.69, 9.17) is 9.73 Å². The molecule has 1 unspecified atom stereocenters. The maximum atomic E-state index is 12.2. The largest absolute Gasteiger partial charge is 0.515 e. The third kappa shape index (κ3) is 2.63. The van der Waals surface area contributed by atoms with Crippen molar-refractivity contribution in [2.45, 2.75) is 31.4 Å². The van der Waals surface area contributed by atoms with E-state index in [0.29, 0.717) is 19.4 Å². The summed E-state index contributed by atoms with van der Waals surface area (Å²) in [6, 6.07) is 7.62. The molecule has 0 amide bonds. The highest BCUT2D eigenvalue weighted by Crippen LogP contribution is 2.48. The Labute approximate surface area is 158 Å². The van der Waals surface area contributed by atoms with Crippen LogP contribution in [0, 0.1) is 5.92 Å². The summed E-state index contributed by atoms with van der Waals surface area (Å²) < 4.78 is 4.85. The Hall–Kier alpha value is -2.44. The van der Waals surface area contributed by atoms with Gasteiger partial charge in [0.15, 0.2) is 0 Å². The molecule has 2 saturated heterocycles. The molecule has 2 N–H and O–H groups in total. The fraction of sp³-hybridized carbons (Fsp3) is 0.429. The van der Waals surface area contributed by atoms with Gasteiger partial charge in [-0.15, -0.1) is 0 Å². The van der Waals surface area contributed by atoms with Crippen molar-refractivity contribution in [3.8, 4) is 0 Å². The van der Waals surface area contributed by atoms with Crippen molar-refractivity contribution in [2.75, 3.05) is 20.2 Å². The summed E-state index contributed by atoms with van der Waals surface area (Å²) in [5.41, 5.74) is 2.69. The highest BCUT2D eigenvalue weighted by atomic mass is 16.5. The molecule has 0 aromatic heterocycles. The number of fused-ring (bicyclic) bond motifs is 5.